The smallest absolute Gasteiger partial charge is 0.242 e. The third kappa shape index (κ3) is 5.56. The van der Waals surface area contributed by atoms with Crippen molar-refractivity contribution in [2.24, 2.45) is 5.92 Å². The number of fused-ring (bicyclic) bond motifs is 1. The summed E-state index contributed by atoms with van der Waals surface area (Å²) in [5, 5.41) is 2.10. The van der Waals surface area contributed by atoms with Crippen molar-refractivity contribution in [1.29, 1.82) is 0 Å². The number of thiophene rings is 1. The molecule has 5 rings (SSSR count). The molecule has 0 N–H and O–H groups in total. The molecule has 1 aliphatic carbocycles. The van der Waals surface area contributed by atoms with Crippen LogP contribution in [-0.4, -0.2) is 60.6 Å². The van der Waals surface area contributed by atoms with E-state index in [9.17, 15) is 9.59 Å². The molecular weight excluding hydrogens is 460 g/mol. The first-order valence-corrected chi connectivity index (χ1v) is 13.9. The monoisotopic (exact) mass is 496 g/mol. The Labute approximate surface area is 212 Å². The van der Waals surface area contributed by atoms with Crippen molar-refractivity contribution in [2.45, 2.75) is 64.0 Å². The molecular formula is C28H36N2O4S. The molecule has 2 atom stereocenters. The number of rotatable bonds is 8. The van der Waals surface area contributed by atoms with E-state index < -0.39 is 0 Å². The normalized spacial score (nSPS) is 22.3. The fraction of sp³-hybridized carbons (Fsp3) is 0.571. The molecule has 2 amide bonds. The summed E-state index contributed by atoms with van der Waals surface area (Å²) in [5.74, 6) is 1.03. The van der Waals surface area contributed by atoms with E-state index in [1.165, 1.54) is 10.4 Å². The van der Waals surface area contributed by atoms with Crippen LogP contribution in [0.4, 0.5) is 0 Å². The summed E-state index contributed by atoms with van der Waals surface area (Å²) in [6.07, 6.45) is 6.94. The van der Waals surface area contributed by atoms with Crippen LogP contribution in [0.3, 0.4) is 0 Å². The first-order chi connectivity index (χ1) is 17.1. The van der Waals surface area contributed by atoms with Crippen molar-refractivity contribution in [2.75, 3.05) is 32.8 Å². The maximum Gasteiger partial charge on any atom is 0.242 e. The third-order valence-electron chi connectivity index (χ3n) is 7.70. The van der Waals surface area contributed by atoms with E-state index in [0.29, 0.717) is 19.7 Å². The summed E-state index contributed by atoms with van der Waals surface area (Å²) in [7, 11) is 0. The highest BCUT2D eigenvalue weighted by molar-refractivity contribution is 7.10. The Morgan fingerprint density at radius 1 is 1.14 bits per heavy atom. The molecule has 7 heteroatoms. The van der Waals surface area contributed by atoms with Gasteiger partial charge in [-0.15, -0.1) is 11.3 Å². The van der Waals surface area contributed by atoms with E-state index in [1.807, 2.05) is 36.1 Å². The Hall–Kier alpha value is -2.38. The molecule has 2 aromatic rings. The van der Waals surface area contributed by atoms with Gasteiger partial charge in [0.05, 0.1) is 18.7 Å². The second kappa shape index (κ2) is 11.1. The van der Waals surface area contributed by atoms with Gasteiger partial charge in [0.25, 0.3) is 0 Å². The highest BCUT2D eigenvalue weighted by atomic mass is 32.1. The van der Waals surface area contributed by atoms with Gasteiger partial charge in [-0.25, -0.2) is 0 Å². The van der Waals surface area contributed by atoms with E-state index in [1.54, 1.807) is 16.2 Å². The molecule has 3 heterocycles. The summed E-state index contributed by atoms with van der Waals surface area (Å²) in [5.41, 5.74) is 2.26. The van der Waals surface area contributed by atoms with Crippen molar-refractivity contribution in [3.8, 4) is 5.75 Å². The molecule has 0 bridgehead atoms. The highest BCUT2D eigenvalue weighted by Crippen LogP contribution is 2.35. The van der Waals surface area contributed by atoms with Gasteiger partial charge in [0.15, 0.2) is 0 Å². The van der Waals surface area contributed by atoms with Gasteiger partial charge in [-0.05, 0) is 67.7 Å². The van der Waals surface area contributed by atoms with E-state index in [-0.39, 0.29) is 36.4 Å². The Kier molecular flexibility index (Phi) is 7.73. The lowest BCUT2D eigenvalue weighted by Gasteiger charge is -2.37. The number of para-hydroxylation sites is 1. The quantitative estimate of drug-likeness (QED) is 0.529. The van der Waals surface area contributed by atoms with Crippen molar-refractivity contribution < 1.29 is 19.1 Å². The predicted octanol–water partition coefficient (Wildman–Crippen LogP) is 4.76. The molecule has 1 saturated heterocycles. The molecule has 1 saturated carbocycles. The van der Waals surface area contributed by atoms with Crippen LogP contribution < -0.4 is 4.74 Å². The van der Waals surface area contributed by atoms with E-state index in [4.69, 9.17) is 9.47 Å². The minimum atomic E-state index is -0.150. The number of hydrogen-bond acceptors (Lipinski definition) is 5. The number of carbonyl (C=O) groups is 2. The van der Waals surface area contributed by atoms with Crippen molar-refractivity contribution in [1.82, 2.24) is 9.80 Å². The van der Waals surface area contributed by atoms with Crippen LogP contribution in [0.15, 0.2) is 35.7 Å². The maximum atomic E-state index is 13.8. The largest absolute Gasteiger partial charge is 0.491 e. The van der Waals surface area contributed by atoms with Crippen LogP contribution in [0.1, 0.15) is 60.6 Å². The van der Waals surface area contributed by atoms with Crippen LogP contribution in [0.25, 0.3) is 0 Å². The second-order valence-corrected chi connectivity index (χ2v) is 11.1. The highest BCUT2D eigenvalue weighted by Gasteiger charge is 2.36. The average Bonchev–Trinajstić information content (AvgIpc) is 3.65. The first-order valence-electron chi connectivity index (χ1n) is 13.0. The second-order valence-electron chi connectivity index (χ2n) is 10.1. The number of benzene rings is 1. The van der Waals surface area contributed by atoms with Gasteiger partial charge >= 0.3 is 0 Å². The molecule has 2 fully saturated rings. The Balaban J connectivity index is 1.32. The zero-order chi connectivity index (χ0) is 24.2. The molecule has 35 heavy (non-hydrogen) atoms. The fourth-order valence-corrected chi connectivity index (χ4v) is 6.64. The molecule has 6 nitrogen and oxygen atoms in total. The number of nitrogens with zero attached hydrogens (tertiary/aromatic N) is 2. The topological polar surface area (TPSA) is 59.1 Å². The molecule has 3 aliphatic rings. The van der Waals surface area contributed by atoms with E-state index in [0.717, 1.165) is 62.9 Å². The van der Waals surface area contributed by atoms with Crippen LogP contribution in [0, 0.1) is 12.8 Å². The third-order valence-corrected chi connectivity index (χ3v) is 8.69. The summed E-state index contributed by atoms with van der Waals surface area (Å²) < 4.78 is 12.1. The van der Waals surface area contributed by atoms with Gasteiger partial charge < -0.3 is 19.3 Å². The zero-order valence-corrected chi connectivity index (χ0v) is 21.4. The molecule has 0 radical (unpaired) electrons. The van der Waals surface area contributed by atoms with Crippen molar-refractivity contribution in [3.63, 3.8) is 0 Å². The molecule has 1 aromatic heterocycles. The summed E-state index contributed by atoms with van der Waals surface area (Å²) in [6.45, 7) is 4.48. The maximum absolute atomic E-state index is 13.8. The standard InChI is InChI=1S/C28H36N2O4S/c1-20-7-2-5-11-25(20)34-19-24-23-13-16-35-26(23)12-14-30(24)27(31)18-29(17-22-10-6-15-33-22)28(32)21-8-3-4-9-21/h2,5,7,11,13,16,21-22,24H,3-4,6,8-10,12,14-15,17-19H2,1H3/t22-,24-/m0/s1. The van der Waals surface area contributed by atoms with Crippen LogP contribution in [-0.2, 0) is 20.7 Å². The molecule has 0 unspecified atom stereocenters. The minimum Gasteiger partial charge on any atom is -0.491 e. The number of hydrogen-bond donors (Lipinski definition) is 0. The number of carbonyl (C=O) groups excluding carboxylic acids is 2. The number of aryl methyl sites for hydroxylation is 1. The Bertz CT molecular complexity index is 1030. The Morgan fingerprint density at radius 3 is 2.74 bits per heavy atom. The lowest BCUT2D eigenvalue weighted by Crippen LogP contribution is -2.50. The predicted molar refractivity (Wildman–Crippen MR) is 137 cm³/mol. The summed E-state index contributed by atoms with van der Waals surface area (Å²) >= 11 is 1.75. The molecule has 188 valence electrons. The Morgan fingerprint density at radius 2 is 1.97 bits per heavy atom. The van der Waals surface area contributed by atoms with Gasteiger partial charge in [-0.1, -0.05) is 31.0 Å². The molecule has 0 spiro atoms. The van der Waals surface area contributed by atoms with E-state index in [2.05, 4.69) is 11.4 Å². The number of ether oxygens (including phenoxy) is 2. The van der Waals surface area contributed by atoms with Crippen LogP contribution in [0.5, 0.6) is 5.75 Å². The molecule has 1 aromatic carbocycles. The van der Waals surface area contributed by atoms with Crippen LogP contribution >= 0.6 is 11.3 Å². The van der Waals surface area contributed by atoms with E-state index >= 15 is 0 Å². The number of amides is 2. The summed E-state index contributed by atoms with van der Waals surface area (Å²) in [6, 6.07) is 9.96. The molecule has 2 aliphatic heterocycles. The summed E-state index contributed by atoms with van der Waals surface area (Å²) in [4.78, 5) is 32.2. The van der Waals surface area contributed by atoms with Crippen molar-refractivity contribution >= 4 is 23.2 Å². The van der Waals surface area contributed by atoms with Gasteiger partial charge in [-0.3, -0.25) is 9.59 Å². The minimum absolute atomic E-state index is 0.00424. The lowest BCUT2D eigenvalue weighted by molar-refractivity contribution is -0.146. The van der Waals surface area contributed by atoms with Gasteiger partial charge in [-0.2, -0.15) is 0 Å². The fourth-order valence-electron chi connectivity index (χ4n) is 5.71. The average molecular weight is 497 g/mol. The van der Waals surface area contributed by atoms with Gasteiger partial charge in [0.2, 0.25) is 11.8 Å². The van der Waals surface area contributed by atoms with Crippen LogP contribution in [0.2, 0.25) is 0 Å². The van der Waals surface area contributed by atoms with Crippen molar-refractivity contribution in [3.05, 3.63) is 51.7 Å². The first kappa shape index (κ1) is 24.3. The lowest BCUT2D eigenvalue weighted by atomic mass is 10.00. The van der Waals surface area contributed by atoms with Gasteiger partial charge in [0, 0.05) is 30.5 Å². The van der Waals surface area contributed by atoms with Gasteiger partial charge in [0.1, 0.15) is 12.4 Å². The zero-order valence-electron chi connectivity index (χ0n) is 20.6. The SMILES string of the molecule is Cc1ccccc1OC[C@H]1c2ccsc2CCN1C(=O)CN(C[C@@H]1CCCO1)C(=O)C1CCCC1.